The van der Waals surface area contributed by atoms with Crippen molar-refractivity contribution < 1.29 is 62.1 Å². The number of hydrogen-bond acceptors (Lipinski definition) is 13. The number of methoxy groups -OCH3 is 2. The third-order valence-electron chi connectivity index (χ3n) is 13.5. The number of rotatable bonds is 4. The molecule has 5 heterocycles. The van der Waals surface area contributed by atoms with Crippen LogP contribution >= 0.6 is 0 Å². The molecule has 5 aliphatic heterocycles. The first-order valence-electron chi connectivity index (χ1n) is 15.8. The summed E-state index contributed by atoms with van der Waals surface area (Å²) in [6.07, 6.45) is 0.820. The Morgan fingerprint density at radius 2 is 1.80 bits per heavy atom. The molecule has 7 fully saturated rings. The van der Waals surface area contributed by atoms with Crippen molar-refractivity contribution in [3.63, 3.8) is 0 Å². The molecule has 1 N–H and O–H groups in total. The van der Waals surface area contributed by atoms with Gasteiger partial charge in [0.1, 0.15) is 17.3 Å². The van der Waals surface area contributed by atoms with Crippen molar-refractivity contribution in [2.45, 2.75) is 107 Å². The van der Waals surface area contributed by atoms with Gasteiger partial charge in [0.25, 0.3) is 5.79 Å². The number of hydrogen-bond donors (Lipinski definition) is 1. The van der Waals surface area contributed by atoms with E-state index in [0.29, 0.717) is 19.3 Å². The fourth-order valence-electron chi connectivity index (χ4n) is 12.3. The fourth-order valence-corrected chi connectivity index (χ4v) is 12.3. The standard InChI is InChI=1S/C32H42O13/c1-15(33)42-18-8-9-29-14-41-31(38-7,24(35)37-6)23(29)27(4)22(20-21(29)26(18,3)13-40-20)45-28(5)17-12-19(32(27,28)36)43-25-30(17,10-11-39-25)44-16(2)34/h10-11,17-23,25,36H,8-9,12-14H2,1-7H3/t17-,18-,19+,20-,21+,22-,23+,25?,26-,27-,28-,29-,30+,31+,32+/m1/s1. The van der Waals surface area contributed by atoms with Gasteiger partial charge in [-0.05, 0) is 26.2 Å². The van der Waals surface area contributed by atoms with E-state index in [2.05, 4.69) is 6.92 Å². The second kappa shape index (κ2) is 8.78. The molecular weight excluding hydrogens is 592 g/mol. The van der Waals surface area contributed by atoms with Crippen LogP contribution in [0.2, 0.25) is 0 Å². The summed E-state index contributed by atoms with van der Waals surface area (Å²) in [6, 6.07) is 0. The highest BCUT2D eigenvalue weighted by molar-refractivity contribution is 5.79. The van der Waals surface area contributed by atoms with Crippen LogP contribution in [0.25, 0.3) is 0 Å². The number of carbonyl (C=O) groups is 3. The predicted octanol–water partition coefficient (Wildman–Crippen LogP) is 1.38. The summed E-state index contributed by atoms with van der Waals surface area (Å²) in [5.74, 6) is -5.21. The van der Waals surface area contributed by atoms with E-state index < -0.39 is 93.3 Å². The van der Waals surface area contributed by atoms with Gasteiger partial charge in [-0.2, -0.15) is 0 Å². The molecule has 3 aliphatic carbocycles. The van der Waals surface area contributed by atoms with Crippen LogP contribution in [0.4, 0.5) is 0 Å². The summed E-state index contributed by atoms with van der Waals surface area (Å²) < 4.78 is 56.2. The predicted molar refractivity (Wildman–Crippen MR) is 148 cm³/mol. The van der Waals surface area contributed by atoms with E-state index in [9.17, 15) is 19.5 Å². The van der Waals surface area contributed by atoms with Crippen molar-refractivity contribution in [3.05, 3.63) is 12.3 Å². The minimum absolute atomic E-state index is 0.128. The molecule has 4 saturated heterocycles. The van der Waals surface area contributed by atoms with Crippen LogP contribution in [0.3, 0.4) is 0 Å². The summed E-state index contributed by atoms with van der Waals surface area (Å²) in [5.41, 5.74) is -7.21. The monoisotopic (exact) mass is 634 g/mol. The highest BCUT2D eigenvalue weighted by atomic mass is 16.7. The van der Waals surface area contributed by atoms with Crippen LogP contribution in [0.1, 0.15) is 53.9 Å². The van der Waals surface area contributed by atoms with Crippen molar-refractivity contribution in [2.24, 2.45) is 34.0 Å². The highest BCUT2D eigenvalue weighted by Gasteiger charge is 2.93. The highest BCUT2D eigenvalue weighted by Crippen LogP contribution is 2.81. The maximum atomic E-state index is 13.9. The molecular formula is C32H42O13. The molecule has 8 rings (SSSR count). The lowest BCUT2D eigenvalue weighted by atomic mass is 9.38. The second-order valence-corrected chi connectivity index (χ2v) is 15.0. The van der Waals surface area contributed by atoms with Crippen LogP contribution in [0.15, 0.2) is 12.3 Å². The molecule has 0 aromatic heterocycles. The van der Waals surface area contributed by atoms with Crippen LogP contribution in [0, 0.1) is 34.0 Å². The Morgan fingerprint density at radius 1 is 1.04 bits per heavy atom. The van der Waals surface area contributed by atoms with Gasteiger partial charge in [0.05, 0.1) is 44.9 Å². The first kappa shape index (κ1) is 30.1. The normalized spacial score (nSPS) is 57.6. The lowest BCUT2D eigenvalue weighted by Gasteiger charge is -2.64. The first-order valence-corrected chi connectivity index (χ1v) is 15.8. The van der Waals surface area contributed by atoms with E-state index in [1.807, 2.05) is 13.8 Å². The molecule has 3 saturated carbocycles. The molecule has 1 unspecified atom stereocenters. The Hall–Kier alpha value is -2.29. The Morgan fingerprint density at radius 3 is 2.47 bits per heavy atom. The summed E-state index contributed by atoms with van der Waals surface area (Å²) in [7, 11) is 2.70. The molecule has 0 radical (unpaired) electrons. The zero-order chi connectivity index (χ0) is 32.2. The van der Waals surface area contributed by atoms with Gasteiger partial charge in [-0.3, -0.25) is 9.59 Å². The van der Waals surface area contributed by atoms with Crippen molar-refractivity contribution in [1.82, 2.24) is 0 Å². The second-order valence-electron chi connectivity index (χ2n) is 15.0. The number of aliphatic hydroxyl groups is 1. The molecule has 2 bridgehead atoms. The maximum Gasteiger partial charge on any atom is 0.366 e. The number of carbonyl (C=O) groups excluding carboxylic acids is 3. The Balaban J connectivity index is 1.36. The van der Waals surface area contributed by atoms with Crippen molar-refractivity contribution in [2.75, 3.05) is 27.4 Å². The maximum absolute atomic E-state index is 13.9. The molecule has 13 heteroatoms. The van der Waals surface area contributed by atoms with E-state index in [1.165, 1.54) is 34.3 Å². The molecule has 248 valence electrons. The number of fused-ring (bicyclic) bond motifs is 11. The zero-order valence-electron chi connectivity index (χ0n) is 26.7. The van der Waals surface area contributed by atoms with Gasteiger partial charge in [-0.1, -0.05) is 13.8 Å². The molecule has 13 nitrogen and oxygen atoms in total. The minimum atomic E-state index is -1.90. The van der Waals surface area contributed by atoms with E-state index in [-0.39, 0.29) is 25.1 Å². The van der Waals surface area contributed by atoms with Gasteiger partial charge >= 0.3 is 17.9 Å². The SMILES string of the molecule is COC(=O)[C@@]1(OC)OC[C@@]23CC[C@@H](OC(C)=O)[C@@]4(C)CO[C@@H]([C@H]5O[C@]6(C)[C@H]7C[C@H](OC8OC=C[C@@]87OC(C)=O)[C@]6(O)[C@@]5(C)[C@H]12)[C@@H]43. The lowest BCUT2D eigenvalue weighted by molar-refractivity contribution is -0.310. The average Bonchev–Trinajstić information content (AvgIpc) is 3.74. The molecule has 15 atom stereocenters. The minimum Gasteiger partial charge on any atom is -0.468 e. The largest absolute Gasteiger partial charge is 0.468 e. The third kappa shape index (κ3) is 2.97. The van der Waals surface area contributed by atoms with E-state index in [4.69, 9.17) is 42.6 Å². The van der Waals surface area contributed by atoms with Crippen LogP contribution in [0.5, 0.6) is 0 Å². The fraction of sp³-hybridized carbons (Fsp3) is 0.844. The quantitative estimate of drug-likeness (QED) is 0.350. The lowest BCUT2D eigenvalue weighted by Crippen LogP contribution is -2.75. The molecule has 0 aromatic carbocycles. The molecule has 8 aliphatic rings. The van der Waals surface area contributed by atoms with Gasteiger partial charge in [-0.25, -0.2) is 4.79 Å². The van der Waals surface area contributed by atoms with E-state index >= 15 is 0 Å². The number of esters is 3. The van der Waals surface area contributed by atoms with Gasteiger partial charge in [0, 0.05) is 61.0 Å². The molecule has 1 spiro atoms. The van der Waals surface area contributed by atoms with E-state index in [1.54, 1.807) is 6.08 Å². The Labute approximate surface area is 261 Å². The summed E-state index contributed by atoms with van der Waals surface area (Å²) in [6.45, 7) is 8.94. The molecule has 45 heavy (non-hydrogen) atoms. The van der Waals surface area contributed by atoms with Gasteiger partial charge in [0.2, 0.25) is 11.9 Å². The smallest absolute Gasteiger partial charge is 0.366 e. The molecule has 0 amide bonds. The third-order valence-corrected chi connectivity index (χ3v) is 13.5. The van der Waals surface area contributed by atoms with Crippen molar-refractivity contribution >= 4 is 17.9 Å². The topological polar surface area (TPSA) is 155 Å². The van der Waals surface area contributed by atoms with Crippen LogP contribution in [-0.4, -0.2) is 104 Å². The average molecular weight is 635 g/mol. The van der Waals surface area contributed by atoms with Crippen molar-refractivity contribution in [3.8, 4) is 0 Å². The van der Waals surface area contributed by atoms with Crippen molar-refractivity contribution in [1.29, 1.82) is 0 Å². The van der Waals surface area contributed by atoms with E-state index in [0.717, 1.165) is 0 Å². The summed E-state index contributed by atoms with van der Waals surface area (Å²) in [5, 5.41) is 13.5. The Bertz CT molecular complexity index is 1400. The zero-order valence-corrected chi connectivity index (χ0v) is 26.7. The van der Waals surface area contributed by atoms with Gasteiger partial charge < -0.3 is 47.7 Å². The Kier molecular flexibility index (Phi) is 5.87. The first-order chi connectivity index (χ1) is 21.2. The van der Waals surface area contributed by atoms with Gasteiger partial charge in [0.15, 0.2) is 0 Å². The van der Waals surface area contributed by atoms with Crippen LogP contribution in [-0.2, 0) is 57.0 Å². The summed E-state index contributed by atoms with van der Waals surface area (Å²) >= 11 is 0. The number of ether oxygens (including phenoxy) is 9. The molecule has 0 aromatic rings. The van der Waals surface area contributed by atoms with Gasteiger partial charge in [-0.15, -0.1) is 0 Å². The van der Waals surface area contributed by atoms with Crippen LogP contribution < -0.4 is 0 Å². The summed E-state index contributed by atoms with van der Waals surface area (Å²) in [4.78, 5) is 38.7.